The van der Waals surface area contributed by atoms with Crippen molar-refractivity contribution in [3.8, 4) is 5.75 Å². The first-order valence-corrected chi connectivity index (χ1v) is 15.3. The smallest absolute Gasteiger partial charge is 0.386 e. The highest BCUT2D eigenvalue weighted by molar-refractivity contribution is 7.92. The largest absolute Gasteiger partial charge is 0.489 e. The highest BCUT2D eigenvalue weighted by Gasteiger charge is 2.46. The summed E-state index contributed by atoms with van der Waals surface area (Å²) in [5.74, 6) is -1.18. The Balaban J connectivity index is 1.83. The first-order chi connectivity index (χ1) is 19.3. The highest BCUT2D eigenvalue weighted by atomic mass is 32.2. The van der Waals surface area contributed by atoms with Crippen molar-refractivity contribution in [1.29, 1.82) is 0 Å². The number of aliphatic imine (C=N–C) groups is 1. The normalized spacial score (nSPS) is 20.3. The number of benzene rings is 2. The van der Waals surface area contributed by atoms with Crippen LogP contribution in [0.3, 0.4) is 0 Å². The van der Waals surface area contributed by atoms with Gasteiger partial charge >= 0.3 is 6.04 Å². The molecule has 1 atom stereocenters. The van der Waals surface area contributed by atoms with Gasteiger partial charge in [0.25, 0.3) is 0 Å². The Hall–Kier alpha value is -3.22. The summed E-state index contributed by atoms with van der Waals surface area (Å²) in [6.07, 6.45) is 1.66. The van der Waals surface area contributed by atoms with E-state index in [1.165, 1.54) is 45.2 Å². The zero-order valence-corrected chi connectivity index (χ0v) is 25.1. The van der Waals surface area contributed by atoms with E-state index in [0.717, 1.165) is 42.1 Å². The number of sulfone groups is 1. The number of nitrogens with two attached hydrogens (primary N) is 1. The molecule has 224 valence electrons. The predicted octanol–water partition coefficient (Wildman–Crippen LogP) is 4.68. The van der Waals surface area contributed by atoms with Crippen LogP contribution in [-0.2, 0) is 14.7 Å². The number of ether oxygens (including phenoxy) is 1. The lowest BCUT2D eigenvalue weighted by Gasteiger charge is -2.38. The SMILES string of the molecule is CON(c1cc(C)c(C2CCNCC2)cc1OC(C)C)C1(F)N=C(N)C(F)=C(c2ccccc2S(=O)(=O)C(C)C)N1. The number of hydroxylamine groups is 1. The van der Waals surface area contributed by atoms with Gasteiger partial charge in [0.05, 0.1) is 29.1 Å². The third kappa shape index (κ3) is 6.05. The predicted molar refractivity (Wildman–Crippen MR) is 157 cm³/mol. The van der Waals surface area contributed by atoms with Crippen LogP contribution in [-0.4, -0.2) is 51.8 Å². The van der Waals surface area contributed by atoms with E-state index < -0.39 is 38.5 Å². The summed E-state index contributed by atoms with van der Waals surface area (Å²) < 4.78 is 64.8. The van der Waals surface area contributed by atoms with Gasteiger partial charge in [0.1, 0.15) is 11.4 Å². The van der Waals surface area contributed by atoms with Crippen LogP contribution in [0.15, 0.2) is 52.1 Å². The second-order valence-corrected chi connectivity index (χ2v) is 13.3. The Labute approximate surface area is 240 Å². The molecule has 4 rings (SSSR count). The molecule has 0 saturated carbocycles. The number of hydrogen-bond donors (Lipinski definition) is 3. The number of piperidine rings is 1. The lowest BCUT2D eigenvalue weighted by Crippen LogP contribution is -2.57. The van der Waals surface area contributed by atoms with Crippen LogP contribution in [0.4, 0.5) is 14.5 Å². The van der Waals surface area contributed by atoms with E-state index in [2.05, 4.69) is 15.6 Å². The van der Waals surface area contributed by atoms with Crippen molar-refractivity contribution in [3.63, 3.8) is 0 Å². The first kappa shape index (κ1) is 30.7. The average Bonchev–Trinajstić information content (AvgIpc) is 2.92. The number of hydrogen-bond acceptors (Lipinski definition) is 9. The van der Waals surface area contributed by atoms with Crippen molar-refractivity contribution in [2.75, 3.05) is 25.3 Å². The topological polar surface area (TPSA) is 118 Å². The summed E-state index contributed by atoms with van der Waals surface area (Å²) >= 11 is 0. The minimum absolute atomic E-state index is 0.0780. The molecule has 2 aromatic carbocycles. The quantitative estimate of drug-likeness (QED) is 0.284. The highest BCUT2D eigenvalue weighted by Crippen LogP contribution is 2.42. The molecule has 2 aliphatic rings. The summed E-state index contributed by atoms with van der Waals surface area (Å²) in [6.45, 7) is 10.5. The van der Waals surface area contributed by atoms with Gasteiger partial charge in [0.2, 0.25) is 0 Å². The van der Waals surface area contributed by atoms with Crippen molar-refractivity contribution < 1.29 is 26.8 Å². The second kappa shape index (κ2) is 11.9. The Kier molecular flexibility index (Phi) is 8.95. The van der Waals surface area contributed by atoms with Crippen LogP contribution in [0, 0.1) is 6.92 Å². The molecule has 0 aliphatic carbocycles. The van der Waals surface area contributed by atoms with E-state index in [1.54, 1.807) is 6.07 Å². The maximum Gasteiger partial charge on any atom is 0.386 e. The van der Waals surface area contributed by atoms with Crippen molar-refractivity contribution in [3.05, 3.63) is 58.9 Å². The van der Waals surface area contributed by atoms with Crippen LogP contribution in [0.5, 0.6) is 5.75 Å². The zero-order valence-electron chi connectivity index (χ0n) is 24.3. The standard InChI is InChI=1S/C29H39F2N5O4S/c1-17(2)40-24-16-22(20-11-13-33-14-12-20)19(5)15-23(24)36(39-6)29(31)34-27(26(30)28(32)35-29)21-9-7-8-10-25(21)41(37,38)18(3)4/h7-10,15-18,20,33-34H,11-14H2,1-6H3,(H2,32,35). The molecule has 4 N–H and O–H groups in total. The van der Waals surface area contributed by atoms with E-state index in [1.807, 2.05) is 26.8 Å². The molecule has 2 heterocycles. The van der Waals surface area contributed by atoms with Gasteiger partial charge in [0.15, 0.2) is 21.5 Å². The summed E-state index contributed by atoms with van der Waals surface area (Å²) in [5.41, 5.74) is 7.56. The van der Waals surface area contributed by atoms with Gasteiger partial charge < -0.3 is 21.1 Å². The third-order valence-corrected chi connectivity index (χ3v) is 9.45. The van der Waals surface area contributed by atoms with Gasteiger partial charge in [-0.15, -0.1) is 0 Å². The van der Waals surface area contributed by atoms with Crippen molar-refractivity contribution >= 4 is 27.1 Å². The van der Waals surface area contributed by atoms with Crippen molar-refractivity contribution in [2.24, 2.45) is 10.7 Å². The maximum absolute atomic E-state index is 17.0. The molecule has 0 radical (unpaired) electrons. The van der Waals surface area contributed by atoms with E-state index in [-0.39, 0.29) is 22.3 Å². The zero-order chi connectivity index (χ0) is 30.1. The molecule has 1 unspecified atom stereocenters. The van der Waals surface area contributed by atoms with Gasteiger partial charge in [-0.25, -0.2) is 12.8 Å². The lowest BCUT2D eigenvalue weighted by atomic mass is 9.87. The molecule has 0 spiro atoms. The summed E-state index contributed by atoms with van der Waals surface area (Å²) in [6, 6.07) is 6.47. The average molecular weight is 592 g/mol. The van der Waals surface area contributed by atoms with E-state index in [4.69, 9.17) is 15.3 Å². The fourth-order valence-electron chi connectivity index (χ4n) is 5.18. The van der Waals surface area contributed by atoms with Crippen LogP contribution in [0.25, 0.3) is 5.70 Å². The van der Waals surface area contributed by atoms with Crippen LogP contribution in [0.1, 0.15) is 63.1 Å². The molecule has 41 heavy (non-hydrogen) atoms. The number of rotatable bonds is 9. The number of nitrogens with zero attached hydrogens (tertiary/aromatic N) is 2. The molecule has 9 nitrogen and oxygen atoms in total. The number of aryl methyl sites for hydroxylation is 1. The molecule has 0 aromatic heterocycles. The molecule has 2 aliphatic heterocycles. The molecule has 0 amide bonds. The molecular formula is C29H39F2N5O4S. The molecule has 1 fully saturated rings. The van der Waals surface area contributed by atoms with Crippen molar-refractivity contribution in [1.82, 2.24) is 10.6 Å². The maximum atomic E-state index is 17.0. The summed E-state index contributed by atoms with van der Waals surface area (Å²) in [7, 11) is -2.62. The molecule has 2 aromatic rings. The van der Waals surface area contributed by atoms with E-state index in [9.17, 15) is 8.42 Å². The van der Waals surface area contributed by atoms with E-state index >= 15 is 8.78 Å². The second-order valence-electron chi connectivity index (χ2n) is 10.8. The van der Waals surface area contributed by atoms with Gasteiger partial charge in [-0.05, 0) is 95.8 Å². The summed E-state index contributed by atoms with van der Waals surface area (Å²) in [5, 5.41) is 5.83. The monoisotopic (exact) mass is 591 g/mol. The Morgan fingerprint density at radius 1 is 1.15 bits per heavy atom. The van der Waals surface area contributed by atoms with Crippen LogP contribution >= 0.6 is 0 Å². The van der Waals surface area contributed by atoms with Crippen LogP contribution in [0.2, 0.25) is 0 Å². The first-order valence-electron chi connectivity index (χ1n) is 13.7. The Bertz CT molecular complexity index is 1460. The minimum Gasteiger partial charge on any atom is -0.489 e. The summed E-state index contributed by atoms with van der Waals surface area (Å²) in [4.78, 5) is 9.14. The minimum atomic E-state index is -3.87. The van der Waals surface area contributed by atoms with Gasteiger partial charge in [-0.3, -0.25) is 4.84 Å². The number of halogens is 2. The fourth-order valence-corrected chi connectivity index (χ4v) is 6.44. The number of alkyl halides is 1. The number of nitrogens with one attached hydrogen (secondary N) is 2. The molecule has 12 heteroatoms. The van der Waals surface area contributed by atoms with Crippen LogP contribution < -0.4 is 26.2 Å². The molecule has 1 saturated heterocycles. The number of anilines is 1. The van der Waals surface area contributed by atoms with Gasteiger partial charge in [-0.1, -0.05) is 18.2 Å². The van der Waals surface area contributed by atoms with Crippen molar-refractivity contribution in [2.45, 2.75) is 75.7 Å². The molecular weight excluding hydrogens is 552 g/mol. The van der Waals surface area contributed by atoms with E-state index in [0.29, 0.717) is 11.7 Å². The van der Waals surface area contributed by atoms with Gasteiger partial charge in [-0.2, -0.15) is 14.4 Å². The Morgan fingerprint density at radius 2 is 1.80 bits per heavy atom. The van der Waals surface area contributed by atoms with Gasteiger partial charge in [0, 0.05) is 5.56 Å². The number of amidine groups is 1. The molecule has 0 bridgehead atoms. The Morgan fingerprint density at radius 3 is 2.41 bits per heavy atom. The third-order valence-electron chi connectivity index (χ3n) is 7.24. The fraction of sp³-hybridized carbons (Fsp3) is 0.483. The lowest BCUT2D eigenvalue weighted by molar-refractivity contribution is 0.000264.